The highest BCUT2D eigenvalue weighted by atomic mass is 32.2. The van der Waals surface area contributed by atoms with Crippen molar-refractivity contribution in [3.8, 4) is 11.5 Å². The Hall–Kier alpha value is -2.74. The summed E-state index contributed by atoms with van der Waals surface area (Å²) in [6.07, 6.45) is 0. The second-order valence-corrected chi connectivity index (χ2v) is 6.17. The van der Waals surface area contributed by atoms with Crippen molar-refractivity contribution in [3.05, 3.63) is 48.0 Å². The highest BCUT2D eigenvalue weighted by molar-refractivity contribution is 7.92. The Bertz CT molecular complexity index is 814. The Morgan fingerprint density at radius 3 is 2.13 bits per heavy atom. The van der Waals surface area contributed by atoms with Gasteiger partial charge in [-0.25, -0.2) is 8.42 Å². The lowest BCUT2D eigenvalue weighted by atomic mass is 10.2. The smallest absolute Gasteiger partial charge is 0.262 e. The Morgan fingerprint density at radius 2 is 1.61 bits per heavy atom. The summed E-state index contributed by atoms with van der Waals surface area (Å²) >= 11 is 0. The minimum absolute atomic E-state index is 0.0147. The molecule has 0 heterocycles. The number of carbonyl (C=O) groups excluding carboxylic acids is 1. The molecule has 23 heavy (non-hydrogen) atoms. The molecule has 7 nitrogen and oxygen atoms in total. The van der Waals surface area contributed by atoms with E-state index < -0.39 is 16.0 Å². The van der Waals surface area contributed by atoms with E-state index in [4.69, 9.17) is 9.47 Å². The lowest BCUT2D eigenvalue weighted by Crippen LogP contribution is -2.22. The zero-order chi connectivity index (χ0) is 17.0. The predicted molar refractivity (Wildman–Crippen MR) is 81.1 cm³/mol. The zero-order valence-corrected chi connectivity index (χ0v) is 13.2. The molecule has 0 unspecified atom stereocenters. The van der Waals surface area contributed by atoms with Gasteiger partial charge in [0.2, 0.25) is 0 Å². The number of carbonyl (C=O) groups is 1. The van der Waals surface area contributed by atoms with Crippen LogP contribution in [-0.2, 0) is 10.0 Å². The Kier molecular flexibility index (Phi) is 4.75. The van der Waals surface area contributed by atoms with Gasteiger partial charge >= 0.3 is 0 Å². The van der Waals surface area contributed by atoms with Crippen LogP contribution < -0.4 is 19.3 Å². The molecule has 2 aromatic rings. The van der Waals surface area contributed by atoms with Gasteiger partial charge in [0, 0.05) is 11.8 Å². The second-order valence-electron chi connectivity index (χ2n) is 4.49. The molecule has 0 aliphatic carbocycles. The number of ether oxygens (including phenoxy) is 2. The number of rotatable bonds is 6. The molecule has 0 amide bonds. The normalized spacial score (nSPS) is 10.9. The van der Waals surface area contributed by atoms with Crippen LogP contribution in [0.5, 0.6) is 11.5 Å². The number of carboxylic acid groups (broad SMARTS) is 1. The fraction of sp³-hybridized carbons (Fsp3) is 0.133. The summed E-state index contributed by atoms with van der Waals surface area (Å²) in [5, 5.41) is 10.7. The minimum Gasteiger partial charge on any atom is -0.545 e. The molecular formula is C15H14NO6S-. The molecular weight excluding hydrogens is 322 g/mol. The average Bonchev–Trinajstić information content (AvgIpc) is 2.54. The summed E-state index contributed by atoms with van der Waals surface area (Å²) < 4.78 is 37.2. The number of nitrogens with one attached hydrogen (secondary N) is 1. The van der Waals surface area contributed by atoms with Crippen molar-refractivity contribution >= 4 is 21.7 Å². The van der Waals surface area contributed by atoms with Crippen LogP contribution in [0.1, 0.15) is 10.4 Å². The van der Waals surface area contributed by atoms with Crippen LogP contribution in [0.2, 0.25) is 0 Å². The molecule has 0 atom stereocenters. The number of hydrogen-bond donors (Lipinski definition) is 1. The molecule has 0 fully saturated rings. The maximum atomic E-state index is 12.4. The standard InChI is InChI=1S/C15H15NO6S/c1-21-13-8-7-12(9-14(13)22-2)23(19,20)16-11-5-3-10(4-6-11)15(17)18/h3-9,16H,1-2H3,(H,17,18)/p-1. The largest absolute Gasteiger partial charge is 0.545 e. The second kappa shape index (κ2) is 6.57. The van der Waals surface area contributed by atoms with Crippen LogP contribution in [0.4, 0.5) is 5.69 Å². The Labute approximate surface area is 133 Å². The van der Waals surface area contributed by atoms with E-state index in [0.29, 0.717) is 5.75 Å². The maximum Gasteiger partial charge on any atom is 0.262 e. The van der Waals surface area contributed by atoms with Gasteiger partial charge in [0.1, 0.15) is 0 Å². The summed E-state index contributed by atoms with van der Waals surface area (Å²) in [4.78, 5) is 10.7. The number of hydrogen-bond acceptors (Lipinski definition) is 6. The van der Waals surface area contributed by atoms with E-state index in [1.54, 1.807) is 0 Å². The van der Waals surface area contributed by atoms with Gasteiger partial charge in [-0.3, -0.25) is 4.72 Å². The first-order chi connectivity index (χ1) is 10.9. The summed E-state index contributed by atoms with van der Waals surface area (Å²) in [5.74, 6) is -0.647. The van der Waals surface area contributed by atoms with E-state index in [9.17, 15) is 18.3 Å². The van der Waals surface area contributed by atoms with Gasteiger partial charge in [0.25, 0.3) is 10.0 Å². The predicted octanol–water partition coefficient (Wildman–Crippen LogP) is 0.868. The SMILES string of the molecule is COc1ccc(S(=O)(=O)Nc2ccc(C(=O)[O-])cc2)cc1OC. The molecule has 1 N–H and O–H groups in total. The number of aromatic carboxylic acids is 1. The molecule has 0 spiro atoms. The number of benzene rings is 2. The first kappa shape index (κ1) is 16.6. The minimum atomic E-state index is -3.85. The fourth-order valence-corrected chi connectivity index (χ4v) is 2.95. The van der Waals surface area contributed by atoms with Crippen molar-refractivity contribution in [2.45, 2.75) is 4.90 Å². The summed E-state index contributed by atoms with van der Waals surface area (Å²) in [7, 11) is -1.00. The molecule has 0 bridgehead atoms. The monoisotopic (exact) mass is 336 g/mol. The van der Waals surface area contributed by atoms with Crippen molar-refractivity contribution in [2.24, 2.45) is 0 Å². The molecule has 2 rings (SSSR count). The number of methoxy groups -OCH3 is 2. The molecule has 0 radical (unpaired) electrons. The number of anilines is 1. The molecule has 0 aromatic heterocycles. The zero-order valence-electron chi connectivity index (χ0n) is 12.4. The molecule has 0 saturated carbocycles. The van der Waals surface area contributed by atoms with Crippen LogP contribution >= 0.6 is 0 Å². The summed E-state index contributed by atoms with van der Waals surface area (Å²) in [6, 6.07) is 9.36. The van der Waals surface area contributed by atoms with Gasteiger partial charge in [-0.2, -0.15) is 0 Å². The van der Waals surface area contributed by atoms with E-state index in [0.717, 1.165) is 0 Å². The first-order valence-corrected chi connectivity index (χ1v) is 7.92. The number of sulfonamides is 1. The maximum absolute atomic E-state index is 12.4. The van der Waals surface area contributed by atoms with E-state index in [1.165, 1.54) is 56.7 Å². The van der Waals surface area contributed by atoms with Gasteiger partial charge < -0.3 is 19.4 Å². The van der Waals surface area contributed by atoms with Gasteiger partial charge in [-0.1, -0.05) is 12.1 Å². The van der Waals surface area contributed by atoms with Crippen molar-refractivity contribution in [1.82, 2.24) is 0 Å². The average molecular weight is 336 g/mol. The quantitative estimate of drug-likeness (QED) is 0.839. The highest BCUT2D eigenvalue weighted by Gasteiger charge is 2.17. The van der Waals surface area contributed by atoms with Gasteiger partial charge in [-0.15, -0.1) is 0 Å². The molecule has 0 saturated heterocycles. The van der Waals surface area contributed by atoms with Crippen molar-refractivity contribution in [3.63, 3.8) is 0 Å². The number of carboxylic acids is 1. The third-order valence-electron chi connectivity index (χ3n) is 3.04. The van der Waals surface area contributed by atoms with Crippen LogP contribution in [0.25, 0.3) is 0 Å². The lowest BCUT2D eigenvalue weighted by Gasteiger charge is -2.12. The lowest BCUT2D eigenvalue weighted by molar-refractivity contribution is -0.255. The Balaban J connectivity index is 2.29. The van der Waals surface area contributed by atoms with E-state index in [-0.39, 0.29) is 21.9 Å². The highest BCUT2D eigenvalue weighted by Crippen LogP contribution is 2.30. The van der Waals surface area contributed by atoms with Gasteiger partial charge in [-0.05, 0) is 29.8 Å². The summed E-state index contributed by atoms with van der Waals surface area (Å²) in [5.41, 5.74) is 0.184. The van der Waals surface area contributed by atoms with Crippen LogP contribution in [-0.4, -0.2) is 28.6 Å². The molecule has 122 valence electrons. The van der Waals surface area contributed by atoms with Crippen LogP contribution in [0.15, 0.2) is 47.4 Å². The molecule has 2 aromatic carbocycles. The van der Waals surface area contributed by atoms with Gasteiger partial charge in [0.15, 0.2) is 11.5 Å². The van der Waals surface area contributed by atoms with Gasteiger partial charge in [0.05, 0.1) is 25.1 Å². The Morgan fingerprint density at radius 1 is 1.00 bits per heavy atom. The van der Waals surface area contributed by atoms with Crippen LogP contribution in [0.3, 0.4) is 0 Å². The topological polar surface area (TPSA) is 105 Å². The van der Waals surface area contributed by atoms with E-state index >= 15 is 0 Å². The third-order valence-corrected chi connectivity index (χ3v) is 4.42. The molecule has 0 aliphatic heterocycles. The fourth-order valence-electron chi connectivity index (χ4n) is 1.87. The summed E-state index contributed by atoms with van der Waals surface area (Å²) in [6.45, 7) is 0. The van der Waals surface area contributed by atoms with Crippen molar-refractivity contribution < 1.29 is 27.8 Å². The van der Waals surface area contributed by atoms with E-state index in [1.807, 2.05) is 0 Å². The van der Waals surface area contributed by atoms with E-state index in [2.05, 4.69) is 4.72 Å². The first-order valence-electron chi connectivity index (χ1n) is 6.43. The van der Waals surface area contributed by atoms with Crippen LogP contribution in [0, 0.1) is 0 Å². The van der Waals surface area contributed by atoms with Crippen molar-refractivity contribution in [1.29, 1.82) is 0 Å². The van der Waals surface area contributed by atoms with Crippen molar-refractivity contribution in [2.75, 3.05) is 18.9 Å². The molecule has 8 heteroatoms. The molecule has 0 aliphatic rings. The third kappa shape index (κ3) is 3.72.